The highest BCUT2D eigenvalue weighted by Gasteiger charge is 2.13. The molecule has 1 aromatic carbocycles. The molecular weight excluding hydrogens is 324 g/mol. The molecule has 0 fully saturated rings. The number of halogens is 1. The van der Waals surface area contributed by atoms with Crippen molar-refractivity contribution in [1.29, 1.82) is 0 Å². The molecule has 0 unspecified atom stereocenters. The first-order valence-corrected chi connectivity index (χ1v) is 7.80. The summed E-state index contributed by atoms with van der Waals surface area (Å²) in [6.45, 7) is 2.14. The molecule has 0 saturated carbocycles. The van der Waals surface area contributed by atoms with Crippen LogP contribution in [0.3, 0.4) is 0 Å². The summed E-state index contributed by atoms with van der Waals surface area (Å²) in [6.07, 6.45) is 5.09. The fourth-order valence-electron chi connectivity index (χ4n) is 1.80. The number of nitrogens with zero attached hydrogens (tertiary/aromatic N) is 2. The van der Waals surface area contributed by atoms with E-state index in [1.165, 1.54) is 18.6 Å². The first-order valence-electron chi connectivity index (χ1n) is 7.02. The van der Waals surface area contributed by atoms with Crippen LogP contribution in [0.4, 0.5) is 11.4 Å². The van der Waals surface area contributed by atoms with Gasteiger partial charge in [0.15, 0.2) is 5.11 Å². The molecule has 0 saturated heterocycles. The van der Waals surface area contributed by atoms with Crippen LogP contribution >= 0.6 is 23.8 Å². The van der Waals surface area contributed by atoms with Crippen molar-refractivity contribution in [3.05, 3.63) is 33.3 Å². The van der Waals surface area contributed by atoms with Gasteiger partial charge >= 0.3 is 0 Å². The average molecular weight is 343 g/mol. The normalized spacial score (nSPS) is 11.3. The lowest BCUT2D eigenvalue weighted by Crippen LogP contribution is -2.17. The highest BCUT2D eigenvalue weighted by molar-refractivity contribution is 7.80. The van der Waals surface area contributed by atoms with Crippen LogP contribution in [0.2, 0.25) is 5.02 Å². The molecule has 1 rings (SSSR count). The molecule has 3 N–H and O–H groups in total. The van der Waals surface area contributed by atoms with Crippen molar-refractivity contribution in [1.82, 2.24) is 0 Å². The minimum atomic E-state index is -0.554. The number of aliphatic imine (C=N–C) groups is 1. The summed E-state index contributed by atoms with van der Waals surface area (Å²) in [4.78, 5) is 14.3. The Balaban J connectivity index is 2.61. The van der Waals surface area contributed by atoms with Crippen molar-refractivity contribution >= 4 is 46.1 Å². The zero-order valence-corrected chi connectivity index (χ0v) is 13.9. The van der Waals surface area contributed by atoms with E-state index in [0.29, 0.717) is 17.9 Å². The SMILES string of the molecule is CCCCCCC(N)=NC(=S)Nc1ccc(Cl)c([N+](=O)[O-])c1. The first-order chi connectivity index (χ1) is 10.4. The van der Waals surface area contributed by atoms with Crippen molar-refractivity contribution in [2.45, 2.75) is 39.0 Å². The highest BCUT2D eigenvalue weighted by Crippen LogP contribution is 2.27. The Bertz CT molecular complexity index is 578. The third-order valence-corrected chi connectivity index (χ3v) is 3.44. The van der Waals surface area contributed by atoms with Crippen molar-refractivity contribution in [2.75, 3.05) is 5.32 Å². The number of nitro benzene ring substituents is 1. The van der Waals surface area contributed by atoms with Crippen LogP contribution in [-0.4, -0.2) is 15.9 Å². The van der Waals surface area contributed by atoms with Crippen LogP contribution < -0.4 is 11.1 Å². The second-order valence-corrected chi connectivity index (χ2v) is 5.56. The number of rotatable bonds is 7. The fourth-order valence-corrected chi connectivity index (χ4v) is 2.22. The molecule has 0 aliphatic rings. The van der Waals surface area contributed by atoms with E-state index in [1.54, 1.807) is 6.07 Å². The molecule has 1 aromatic rings. The summed E-state index contributed by atoms with van der Waals surface area (Å²) < 4.78 is 0. The molecule has 0 atom stereocenters. The van der Waals surface area contributed by atoms with Gasteiger partial charge in [-0.2, -0.15) is 0 Å². The summed E-state index contributed by atoms with van der Waals surface area (Å²) in [5, 5.41) is 13.9. The van der Waals surface area contributed by atoms with Gasteiger partial charge in [-0.3, -0.25) is 10.1 Å². The van der Waals surface area contributed by atoms with Gasteiger partial charge in [-0.1, -0.05) is 37.8 Å². The first kappa shape index (κ1) is 18.3. The van der Waals surface area contributed by atoms with Crippen LogP contribution in [0, 0.1) is 10.1 Å². The van der Waals surface area contributed by atoms with Gasteiger partial charge in [0.05, 0.1) is 4.92 Å². The molecule has 0 heterocycles. The quantitative estimate of drug-likeness (QED) is 0.193. The molecule has 6 nitrogen and oxygen atoms in total. The number of benzene rings is 1. The number of nitrogens with one attached hydrogen (secondary N) is 1. The summed E-state index contributed by atoms with van der Waals surface area (Å²) >= 11 is 10.8. The van der Waals surface area contributed by atoms with Gasteiger partial charge in [0.2, 0.25) is 0 Å². The Morgan fingerprint density at radius 2 is 2.18 bits per heavy atom. The zero-order valence-electron chi connectivity index (χ0n) is 12.3. The Morgan fingerprint density at radius 3 is 2.82 bits per heavy atom. The van der Waals surface area contributed by atoms with E-state index in [9.17, 15) is 10.1 Å². The van der Waals surface area contributed by atoms with Gasteiger partial charge in [-0.05, 0) is 30.8 Å². The lowest BCUT2D eigenvalue weighted by molar-refractivity contribution is -0.384. The molecule has 22 heavy (non-hydrogen) atoms. The monoisotopic (exact) mass is 342 g/mol. The van der Waals surface area contributed by atoms with E-state index in [4.69, 9.17) is 29.6 Å². The molecule has 0 spiro atoms. The van der Waals surface area contributed by atoms with Gasteiger partial charge in [0, 0.05) is 18.2 Å². The minimum absolute atomic E-state index is 0.0698. The maximum absolute atomic E-state index is 10.8. The van der Waals surface area contributed by atoms with E-state index in [2.05, 4.69) is 17.2 Å². The number of hydrogen-bond donors (Lipinski definition) is 2. The number of anilines is 1. The third-order valence-electron chi connectivity index (χ3n) is 2.93. The Kier molecular flexibility index (Phi) is 7.76. The van der Waals surface area contributed by atoms with Crippen LogP contribution in [0.25, 0.3) is 0 Å². The maximum Gasteiger partial charge on any atom is 0.289 e. The smallest absolute Gasteiger partial charge is 0.289 e. The topological polar surface area (TPSA) is 93.5 Å². The summed E-state index contributed by atoms with van der Waals surface area (Å²) in [6, 6.07) is 4.33. The average Bonchev–Trinajstić information content (AvgIpc) is 2.45. The standard InChI is InChI=1S/C14H19ClN4O2S/c1-2-3-4-5-6-13(16)18-14(22)17-10-7-8-11(15)12(9-10)19(20)21/h7-9H,2-6H2,1H3,(H3,16,17,18,22). The number of nitrogens with two attached hydrogens (primary N) is 1. The van der Waals surface area contributed by atoms with Crippen molar-refractivity contribution < 1.29 is 4.92 Å². The second kappa shape index (κ2) is 9.32. The molecule has 8 heteroatoms. The van der Waals surface area contributed by atoms with Gasteiger partial charge < -0.3 is 11.1 Å². The lowest BCUT2D eigenvalue weighted by atomic mass is 10.1. The van der Waals surface area contributed by atoms with Crippen LogP contribution in [-0.2, 0) is 0 Å². The van der Waals surface area contributed by atoms with Crippen molar-refractivity contribution in [2.24, 2.45) is 10.7 Å². The second-order valence-electron chi connectivity index (χ2n) is 4.77. The molecule has 0 amide bonds. The molecule has 0 bridgehead atoms. The van der Waals surface area contributed by atoms with Crippen LogP contribution in [0.5, 0.6) is 0 Å². The number of thiocarbonyl (C=S) groups is 1. The largest absolute Gasteiger partial charge is 0.387 e. The Hall–Kier alpha value is -1.73. The Labute approximate surface area is 139 Å². The Morgan fingerprint density at radius 1 is 1.45 bits per heavy atom. The summed E-state index contributed by atoms with van der Waals surface area (Å²) in [5.41, 5.74) is 6.06. The zero-order chi connectivity index (χ0) is 16.5. The maximum atomic E-state index is 10.8. The fraction of sp³-hybridized carbons (Fsp3) is 0.429. The summed E-state index contributed by atoms with van der Waals surface area (Å²) in [7, 11) is 0. The van der Waals surface area contributed by atoms with Gasteiger partial charge in [-0.25, -0.2) is 4.99 Å². The van der Waals surface area contributed by atoms with Gasteiger partial charge in [0.1, 0.15) is 10.9 Å². The molecule has 0 radical (unpaired) electrons. The highest BCUT2D eigenvalue weighted by atomic mass is 35.5. The van der Waals surface area contributed by atoms with E-state index >= 15 is 0 Å². The van der Waals surface area contributed by atoms with Crippen LogP contribution in [0.15, 0.2) is 23.2 Å². The number of unbranched alkanes of at least 4 members (excludes halogenated alkanes) is 3. The van der Waals surface area contributed by atoms with E-state index in [-0.39, 0.29) is 15.8 Å². The lowest BCUT2D eigenvalue weighted by Gasteiger charge is -2.06. The van der Waals surface area contributed by atoms with Gasteiger partial charge in [0.25, 0.3) is 5.69 Å². The minimum Gasteiger partial charge on any atom is -0.387 e. The van der Waals surface area contributed by atoms with E-state index < -0.39 is 4.92 Å². The predicted octanol–water partition coefficient (Wildman–Crippen LogP) is 4.27. The molecular formula is C14H19ClN4O2S. The van der Waals surface area contributed by atoms with Crippen molar-refractivity contribution in [3.8, 4) is 0 Å². The van der Waals surface area contributed by atoms with Crippen molar-refractivity contribution in [3.63, 3.8) is 0 Å². The molecule has 0 aliphatic heterocycles. The van der Waals surface area contributed by atoms with E-state index in [0.717, 1.165) is 19.3 Å². The molecule has 0 aromatic heterocycles. The number of nitro groups is 1. The van der Waals surface area contributed by atoms with Crippen LogP contribution in [0.1, 0.15) is 39.0 Å². The molecule has 120 valence electrons. The summed E-state index contributed by atoms with van der Waals surface area (Å²) in [5.74, 6) is 0.456. The third kappa shape index (κ3) is 6.36. The number of hydrogen-bond acceptors (Lipinski definition) is 3. The predicted molar refractivity (Wildman–Crippen MR) is 94.7 cm³/mol. The number of amidine groups is 1. The van der Waals surface area contributed by atoms with E-state index in [1.807, 2.05) is 0 Å². The molecule has 0 aliphatic carbocycles. The van der Waals surface area contributed by atoms with Gasteiger partial charge in [-0.15, -0.1) is 0 Å².